The molecule has 0 saturated heterocycles. The molecule has 0 spiro atoms. The maximum Gasteiger partial charge on any atom is 0.329 e. The Bertz CT molecular complexity index is 860. The van der Waals surface area contributed by atoms with Gasteiger partial charge in [-0.3, -0.25) is 19.1 Å². The Morgan fingerprint density at radius 3 is 2.65 bits per heavy atom. The molecule has 0 atom stereocenters. The lowest BCUT2D eigenvalue weighted by Crippen LogP contribution is -2.42. The molecule has 2 rings (SSSR count). The lowest BCUT2D eigenvalue weighted by molar-refractivity contribution is 0.0314. The van der Waals surface area contributed by atoms with Crippen LogP contribution in [0.4, 0.5) is 0 Å². The number of carbonyl (C=O) groups is 1. The van der Waals surface area contributed by atoms with Crippen LogP contribution in [0.25, 0.3) is 11.0 Å². The number of nitrogens with zero attached hydrogens (tertiary/aromatic N) is 3. The lowest BCUT2D eigenvalue weighted by atomic mass is 10.1. The van der Waals surface area contributed by atoms with Crippen molar-refractivity contribution in [2.24, 2.45) is 7.05 Å². The maximum atomic E-state index is 12.6. The Labute approximate surface area is 132 Å². The third kappa shape index (κ3) is 3.48. The number of nitrogens with one attached hydrogen (secondary N) is 1. The van der Waals surface area contributed by atoms with E-state index in [1.54, 1.807) is 20.8 Å². The summed E-state index contributed by atoms with van der Waals surface area (Å²) in [7, 11) is 1.49. The summed E-state index contributed by atoms with van der Waals surface area (Å²) in [6.07, 6.45) is 1.33. The number of fused-ring (bicyclic) bond motifs is 1. The molecule has 2 aromatic heterocycles. The van der Waals surface area contributed by atoms with Gasteiger partial charge in [-0.15, -0.1) is 0 Å². The van der Waals surface area contributed by atoms with E-state index in [0.717, 1.165) is 0 Å². The van der Waals surface area contributed by atoms with Gasteiger partial charge >= 0.3 is 5.69 Å². The first-order chi connectivity index (χ1) is 10.6. The van der Waals surface area contributed by atoms with Crippen molar-refractivity contribution in [3.63, 3.8) is 0 Å². The first-order valence-corrected chi connectivity index (χ1v) is 7.24. The average Bonchev–Trinajstić information content (AvgIpc) is 2.48. The predicted octanol–water partition coefficient (Wildman–Crippen LogP) is -0.145. The third-order valence-corrected chi connectivity index (χ3v) is 3.45. The normalized spacial score (nSPS) is 11.7. The first-order valence-electron chi connectivity index (χ1n) is 7.24. The monoisotopic (exact) mass is 320 g/mol. The summed E-state index contributed by atoms with van der Waals surface area (Å²) >= 11 is 0. The van der Waals surface area contributed by atoms with E-state index in [2.05, 4.69) is 9.97 Å². The highest BCUT2D eigenvalue weighted by Gasteiger charge is 2.23. The summed E-state index contributed by atoms with van der Waals surface area (Å²) in [6.45, 7) is 5.59. The number of aromatic nitrogens is 3. The molecule has 2 heterocycles. The molecule has 1 amide bonds. The van der Waals surface area contributed by atoms with Gasteiger partial charge in [0.2, 0.25) is 0 Å². The Morgan fingerprint density at radius 1 is 1.43 bits per heavy atom. The highest BCUT2D eigenvalue weighted by molar-refractivity contribution is 5.96. The second-order valence-corrected chi connectivity index (χ2v) is 6.05. The zero-order valence-electron chi connectivity index (χ0n) is 13.6. The van der Waals surface area contributed by atoms with Crippen LogP contribution < -0.4 is 11.2 Å². The van der Waals surface area contributed by atoms with E-state index in [-0.39, 0.29) is 29.0 Å². The standard InChI is InChI=1S/C15H20N4O4/c1-5-19(8-15(2,3)23)13(21)9-6-10-11(16-7-9)18(4)14(22)17-12(10)20/h6-7,23H,5,8H2,1-4H3,(H,17,20,22). The topological polar surface area (TPSA) is 108 Å². The fraction of sp³-hybridized carbons (Fsp3) is 0.467. The van der Waals surface area contributed by atoms with Gasteiger partial charge in [0, 0.05) is 26.3 Å². The van der Waals surface area contributed by atoms with Crippen molar-refractivity contribution in [1.82, 2.24) is 19.4 Å². The molecule has 0 fully saturated rings. The van der Waals surface area contributed by atoms with E-state index in [1.165, 1.54) is 28.8 Å². The van der Waals surface area contributed by atoms with Crippen LogP contribution in [0, 0.1) is 0 Å². The van der Waals surface area contributed by atoms with E-state index in [4.69, 9.17) is 0 Å². The molecule has 8 heteroatoms. The smallest absolute Gasteiger partial charge is 0.329 e. The summed E-state index contributed by atoms with van der Waals surface area (Å²) in [5.41, 5.74) is -1.74. The molecule has 0 radical (unpaired) electrons. The lowest BCUT2D eigenvalue weighted by Gasteiger charge is -2.28. The van der Waals surface area contributed by atoms with E-state index in [1.807, 2.05) is 0 Å². The number of rotatable bonds is 4. The first kappa shape index (κ1) is 16.9. The van der Waals surface area contributed by atoms with Gasteiger partial charge in [0.15, 0.2) is 0 Å². The number of aryl methyl sites for hydroxylation is 1. The molecule has 0 saturated carbocycles. The molecule has 0 aliphatic carbocycles. The van der Waals surface area contributed by atoms with Crippen molar-refractivity contribution in [3.05, 3.63) is 38.7 Å². The fourth-order valence-corrected chi connectivity index (χ4v) is 2.33. The molecular weight excluding hydrogens is 300 g/mol. The highest BCUT2D eigenvalue weighted by atomic mass is 16.3. The zero-order chi connectivity index (χ0) is 17.4. The molecule has 8 nitrogen and oxygen atoms in total. The van der Waals surface area contributed by atoms with Crippen molar-refractivity contribution >= 4 is 16.9 Å². The summed E-state index contributed by atoms with van der Waals surface area (Å²) in [4.78, 5) is 43.7. The molecule has 2 aromatic rings. The molecular formula is C15H20N4O4. The second kappa shape index (κ2) is 5.96. The summed E-state index contributed by atoms with van der Waals surface area (Å²) in [6, 6.07) is 1.41. The molecule has 23 heavy (non-hydrogen) atoms. The van der Waals surface area contributed by atoms with Gasteiger partial charge in [0.25, 0.3) is 11.5 Å². The SMILES string of the molecule is CCN(CC(C)(C)O)C(=O)c1cnc2c(c1)c(=O)[nH]c(=O)n2C. The minimum atomic E-state index is -1.03. The van der Waals surface area contributed by atoms with Crippen LogP contribution in [0.2, 0.25) is 0 Å². The second-order valence-electron chi connectivity index (χ2n) is 6.05. The van der Waals surface area contributed by atoms with Gasteiger partial charge in [-0.2, -0.15) is 0 Å². The minimum Gasteiger partial charge on any atom is -0.389 e. The number of aliphatic hydroxyl groups is 1. The minimum absolute atomic E-state index is 0.157. The van der Waals surface area contributed by atoms with Gasteiger partial charge in [-0.25, -0.2) is 9.78 Å². The van der Waals surface area contributed by atoms with Crippen LogP contribution >= 0.6 is 0 Å². The quantitative estimate of drug-likeness (QED) is 0.815. The zero-order valence-corrected chi connectivity index (χ0v) is 13.6. The van der Waals surface area contributed by atoms with Gasteiger partial charge in [-0.1, -0.05) is 0 Å². The predicted molar refractivity (Wildman–Crippen MR) is 85.5 cm³/mol. The van der Waals surface area contributed by atoms with E-state index >= 15 is 0 Å². The maximum absolute atomic E-state index is 12.6. The van der Waals surface area contributed by atoms with E-state index < -0.39 is 16.9 Å². The Balaban J connectivity index is 2.50. The van der Waals surface area contributed by atoms with E-state index in [9.17, 15) is 19.5 Å². The molecule has 0 aromatic carbocycles. The van der Waals surface area contributed by atoms with Crippen LogP contribution in [-0.2, 0) is 7.05 Å². The molecule has 124 valence electrons. The van der Waals surface area contributed by atoms with E-state index in [0.29, 0.717) is 6.54 Å². The van der Waals surface area contributed by atoms with Gasteiger partial charge in [0.1, 0.15) is 5.65 Å². The van der Waals surface area contributed by atoms with Crippen LogP contribution in [0.1, 0.15) is 31.1 Å². The Hall–Kier alpha value is -2.48. The van der Waals surface area contributed by atoms with Crippen LogP contribution in [-0.4, -0.2) is 49.1 Å². The molecule has 0 unspecified atom stereocenters. The largest absolute Gasteiger partial charge is 0.389 e. The average molecular weight is 320 g/mol. The van der Waals surface area contributed by atoms with Crippen molar-refractivity contribution in [3.8, 4) is 0 Å². The fourth-order valence-electron chi connectivity index (χ4n) is 2.33. The van der Waals surface area contributed by atoms with Gasteiger partial charge in [0.05, 0.1) is 16.6 Å². The van der Waals surface area contributed by atoms with Crippen LogP contribution in [0.5, 0.6) is 0 Å². The summed E-state index contributed by atoms with van der Waals surface area (Å²) in [5.74, 6) is -0.336. The van der Waals surface area contributed by atoms with Crippen molar-refractivity contribution in [2.75, 3.05) is 13.1 Å². The Morgan fingerprint density at radius 2 is 2.09 bits per heavy atom. The summed E-state index contributed by atoms with van der Waals surface area (Å²) < 4.78 is 1.21. The highest BCUT2D eigenvalue weighted by Crippen LogP contribution is 2.12. The summed E-state index contributed by atoms with van der Waals surface area (Å²) in [5, 5.41) is 10.1. The van der Waals surface area contributed by atoms with Gasteiger partial charge in [-0.05, 0) is 26.8 Å². The number of pyridine rings is 1. The Kier molecular flexibility index (Phi) is 4.37. The number of aromatic amines is 1. The van der Waals surface area contributed by atoms with Crippen LogP contribution in [0.15, 0.2) is 21.9 Å². The number of carbonyl (C=O) groups excluding carboxylic acids is 1. The van der Waals surface area contributed by atoms with Crippen molar-refractivity contribution < 1.29 is 9.90 Å². The van der Waals surface area contributed by atoms with Gasteiger partial charge < -0.3 is 10.0 Å². The third-order valence-electron chi connectivity index (χ3n) is 3.45. The number of likely N-dealkylation sites (N-methyl/N-ethyl adjacent to an activating group) is 1. The molecule has 0 aliphatic heterocycles. The number of hydrogen-bond donors (Lipinski definition) is 2. The van der Waals surface area contributed by atoms with Crippen LogP contribution in [0.3, 0.4) is 0 Å². The molecule has 2 N–H and O–H groups in total. The number of amides is 1. The van der Waals surface area contributed by atoms with Crippen molar-refractivity contribution in [1.29, 1.82) is 0 Å². The van der Waals surface area contributed by atoms with Crippen molar-refractivity contribution in [2.45, 2.75) is 26.4 Å². The number of hydrogen-bond acceptors (Lipinski definition) is 5. The molecule has 0 bridgehead atoms. The number of H-pyrrole nitrogens is 1. The molecule has 0 aliphatic rings.